The summed E-state index contributed by atoms with van der Waals surface area (Å²) in [6.45, 7) is 4.20. The van der Waals surface area contributed by atoms with Crippen LogP contribution in [0.25, 0.3) is 10.2 Å². The highest BCUT2D eigenvalue weighted by Gasteiger charge is 2.24. The molecule has 1 aliphatic rings. The largest absolute Gasteiger partial charge is 0.467 e. The second kappa shape index (κ2) is 9.84. The first-order chi connectivity index (χ1) is 17.0. The highest BCUT2D eigenvalue weighted by atomic mass is 32.2. The number of benzene rings is 1. The lowest BCUT2D eigenvalue weighted by atomic mass is 10.1. The Hall–Kier alpha value is -3.15. The van der Waals surface area contributed by atoms with Gasteiger partial charge in [0.05, 0.1) is 31.4 Å². The minimum Gasteiger partial charge on any atom is -0.467 e. The van der Waals surface area contributed by atoms with Crippen molar-refractivity contribution in [3.63, 3.8) is 0 Å². The molecule has 4 aromatic rings. The Bertz CT molecular complexity index is 1460. The van der Waals surface area contributed by atoms with Gasteiger partial charge in [0.2, 0.25) is 0 Å². The summed E-state index contributed by atoms with van der Waals surface area (Å²) in [5.74, 6) is 0.605. The van der Waals surface area contributed by atoms with E-state index in [2.05, 4.69) is 0 Å². The molecular weight excluding hydrogens is 495 g/mol. The molecule has 0 bridgehead atoms. The van der Waals surface area contributed by atoms with Crippen LogP contribution >= 0.6 is 23.1 Å². The lowest BCUT2D eigenvalue weighted by Gasteiger charge is -2.21. The number of thiophene rings is 1. The molecule has 182 valence electrons. The molecule has 4 heterocycles. The van der Waals surface area contributed by atoms with Crippen LogP contribution in [0.3, 0.4) is 0 Å². The summed E-state index contributed by atoms with van der Waals surface area (Å²) >= 11 is 2.41. The SMILES string of the molecule is CCOC(=O)c1sc2nc(SCc3cc(F)cc4c3OCOC4)n(Cc3ccco3)c(=O)c2c1C. The van der Waals surface area contributed by atoms with Crippen molar-refractivity contribution >= 4 is 39.3 Å². The number of rotatable bonds is 7. The summed E-state index contributed by atoms with van der Waals surface area (Å²) in [6, 6.07) is 6.32. The Morgan fingerprint density at radius 2 is 2.23 bits per heavy atom. The Morgan fingerprint density at radius 1 is 1.37 bits per heavy atom. The van der Waals surface area contributed by atoms with Gasteiger partial charge in [0.15, 0.2) is 11.9 Å². The third-order valence-corrected chi connectivity index (χ3v) is 7.67. The van der Waals surface area contributed by atoms with Gasteiger partial charge in [0.25, 0.3) is 5.56 Å². The second-order valence-electron chi connectivity index (χ2n) is 7.77. The molecule has 0 radical (unpaired) electrons. The zero-order valence-corrected chi connectivity index (χ0v) is 20.6. The predicted octanol–water partition coefficient (Wildman–Crippen LogP) is 4.88. The van der Waals surface area contributed by atoms with Crippen molar-refractivity contribution in [3.8, 4) is 5.75 Å². The first-order valence-electron chi connectivity index (χ1n) is 10.8. The summed E-state index contributed by atoms with van der Waals surface area (Å²) in [5, 5.41) is 0.790. The standard InChI is InChI=1S/C24H21FN2O6S2/c1-3-31-23(29)20-13(2)18-21(35-20)26-24(27(22(18)28)9-17-5-4-6-32-17)34-11-15-8-16(25)7-14-10-30-12-33-19(14)15/h4-8H,3,9-12H2,1-2H3. The van der Waals surface area contributed by atoms with Gasteiger partial charge in [-0.15, -0.1) is 11.3 Å². The van der Waals surface area contributed by atoms with Gasteiger partial charge in [-0.2, -0.15) is 0 Å². The fourth-order valence-corrected chi connectivity index (χ4v) is 5.98. The van der Waals surface area contributed by atoms with E-state index in [-0.39, 0.29) is 32.1 Å². The monoisotopic (exact) mass is 516 g/mol. The summed E-state index contributed by atoms with van der Waals surface area (Å²) in [7, 11) is 0. The van der Waals surface area contributed by atoms with E-state index in [0.29, 0.717) is 54.2 Å². The lowest BCUT2D eigenvalue weighted by molar-refractivity contribution is -0.0171. The number of esters is 1. The molecule has 3 aromatic heterocycles. The van der Waals surface area contributed by atoms with Crippen molar-refractivity contribution in [2.24, 2.45) is 0 Å². The van der Waals surface area contributed by atoms with E-state index in [1.54, 1.807) is 26.0 Å². The molecule has 0 saturated carbocycles. The van der Waals surface area contributed by atoms with E-state index in [1.807, 2.05) is 0 Å². The molecule has 0 N–H and O–H groups in total. The number of hydrogen-bond donors (Lipinski definition) is 0. The van der Waals surface area contributed by atoms with Crippen LogP contribution in [0.1, 0.15) is 39.0 Å². The van der Waals surface area contributed by atoms with Crippen molar-refractivity contribution in [2.45, 2.75) is 37.9 Å². The quantitative estimate of drug-likeness (QED) is 0.195. The van der Waals surface area contributed by atoms with Crippen LogP contribution in [0.5, 0.6) is 5.75 Å². The maximum absolute atomic E-state index is 14.2. The molecule has 0 aliphatic carbocycles. The number of ether oxygens (including phenoxy) is 3. The van der Waals surface area contributed by atoms with Crippen LogP contribution in [0.2, 0.25) is 0 Å². The van der Waals surface area contributed by atoms with Crippen molar-refractivity contribution < 1.29 is 27.8 Å². The van der Waals surface area contributed by atoms with Gasteiger partial charge in [-0.05, 0) is 43.7 Å². The van der Waals surface area contributed by atoms with Crippen molar-refractivity contribution in [2.75, 3.05) is 13.4 Å². The summed E-state index contributed by atoms with van der Waals surface area (Å²) in [5.41, 5.74) is 1.53. The van der Waals surface area contributed by atoms with Gasteiger partial charge < -0.3 is 18.6 Å². The van der Waals surface area contributed by atoms with Crippen molar-refractivity contribution in [1.29, 1.82) is 0 Å². The summed E-state index contributed by atoms with van der Waals surface area (Å²) in [4.78, 5) is 31.6. The fraction of sp³-hybridized carbons (Fsp3) is 0.292. The zero-order valence-electron chi connectivity index (χ0n) is 19.0. The maximum Gasteiger partial charge on any atom is 0.348 e. The number of fused-ring (bicyclic) bond motifs is 2. The van der Waals surface area contributed by atoms with Crippen LogP contribution < -0.4 is 10.3 Å². The first-order valence-corrected chi connectivity index (χ1v) is 12.6. The van der Waals surface area contributed by atoms with Crippen LogP contribution in [0.15, 0.2) is 44.9 Å². The van der Waals surface area contributed by atoms with Crippen LogP contribution in [0.4, 0.5) is 4.39 Å². The number of carbonyl (C=O) groups is 1. The predicted molar refractivity (Wildman–Crippen MR) is 129 cm³/mol. The Kier molecular flexibility index (Phi) is 6.63. The molecule has 0 unspecified atom stereocenters. The van der Waals surface area contributed by atoms with Gasteiger partial charge in [0.1, 0.15) is 27.0 Å². The van der Waals surface area contributed by atoms with E-state index in [1.165, 1.54) is 34.7 Å². The van der Waals surface area contributed by atoms with E-state index >= 15 is 0 Å². The van der Waals surface area contributed by atoms with Gasteiger partial charge in [-0.3, -0.25) is 9.36 Å². The number of furan rings is 1. The molecule has 0 saturated heterocycles. The van der Waals surface area contributed by atoms with Gasteiger partial charge in [0, 0.05) is 16.9 Å². The first kappa shape index (κ1) is 23.6. The Balaban J connectivity index is 1.58. The topological polar surface area (TPSA) is 92.8 Å². The molecule has 35 heavy (non-hydrogen) atoms. The molecule has 5 rings (SSSR count). The summed E-state index contributed by atoms with van der Waals surface area (Å²) < 4.78 is 37.2. The van der Waals surface area contributed by atoms with E-state index in [4.69, 9.17) is 23.6 Å². The fourth-order valence-electron chi connectivity index (χ4n) is 3.90. The minimum absolute atomic E-state index is 0.0921. The number of halogens is 1. The Labute approximate surface area is 207 Å². The minimum atomic E-state index is -0.482. The zero-order chi connectivity index (χ0) is 24.5. The average Bonchev–Trinajstić information content (AvgIpc) is 3.47. The molecule has 0 amide bonds. The molecule has 0 atom stereocenters. The van der Waals surface area contributed by atoms with Crippen LogP contribution in [-0.2, 0) is 28.4 Å². The van der Waals surface area contributed by atoms with Gasteiger partial charge in [-0.25, -0.2) is 14.2 Å². The third kappa shape index (κ3) is 4.58. The average molecular weight is 517 g/mol. The van der Waals surface area contributed by atoms with E-state index in [0.717, 1.165) is 11.3 Å². The van der Waals surface area contributed by atoms with Gasteiger partial charge in [-0.1, -0.05) is 11.8 Å². The second-order valence-corrected chi connectivity index (χ2v) is 9.72. The number of aryl methyl sites for hydroxylation is 1. The number of carbonyl (C=O) groups excluding carboxylic acids is 1. The van der Waals surface area contributed by atoms with Crippen molar-refractivity contribution in [1.82, 2.24) is 9.55 Å². The van der Waals surface area contributed by atoms with E-state index < -0.39 is 11.8 Å². The highest BCUT2D eigenvalue weighted by molar-refractivity contribution is 7.98. The molecular formula is C24H21FN2O6S2. The van der Waals surface area contributed by atoms with Crippen LogP contribution in [0, 0.1) is 12.7 Å². The smallest absolute Gasteiger partial charge is 0.348 e. The molecule has 8 nitrogen and oxygen atoms in total. The summed E-state index contributed by atoms with van der Waals surface area (Å²) in [6.07, 6.45) is 1.53. The number of thioether (sulfide) groups is 1. The van der Waals surface area contributed by atoms with Gasteiger partial charge >= 0.3 is 5.97 Å². The van der Waals surface area contributed by atoms with E-state index in [9.17, 15) is 14.0 Å². The number of nitrogens with zero attached hydrogens (tertiary/aromatic N) is 2. The highest BCUT2D eigenvalue weighted by Crippen LogP contribution is 2.35. The normalized spacial score (nSPS) is 13.0. The third-order valence-electron chi connectivity index (χ3n) is 5.48. The Morgan fingerprint density at radius 3 is 3.00 bits per heavy atom. The number of hydrogen-bond acceptors (Lipinski definition) is 9. The maximum atomic E-state index is 14.2. The molecule has 0 spiro atoms. The number of aromatic nitrogens is 2. The molecule has 1 aromatic carbocycles. The molecule has 0 fully saturated rings. The lowest BCUT2D eigenvalue weighted by Crippen LogP contribution is -2.24. The van der Waals surface area contributed by atoms with Crippen molar-refractivity contribution in [3.05, 3.63) is 74.0 Å². The molecule has 11 heteroatoms. The molecule has 1 aliphatic heterocycles. The van der Waals surface area contributed by atoms with Crippen LogP contribution in [-0.4, -0.2) is 28.9 Å².